The molecule has 0 aliphatic carbocycles. The van der Waals surface area contributed by atoms with Crippen molar-refractivity contribution in [3.8, 4) is 0 Å². The largest absolute Gasteiger partial charge is 0.466 e. The summed E-state index contributed by atoms with van der Waals surface area (Å²) < 4.78 is 10.8. The maximum Gasteiger partial charge on any atom is 0.322 e. The van der Waals surface area contributed by atoms with Gasteiger partial charge >= 0.3 is 12.0 Å². The number of ether oxygens (including phenoxy) is 2. The monoisotopic (exact) mass is 535 g/mol. The second-order valence-corrected chi connectivity index (χ2v) is 12.5. The molecule has 1 saturated heterocycles. The molecule has 0 saturated carbocycles. The van der Waals surface area contributed by atoms with Crippen LogP contribution in [0.5, 0.6) is 0 Å². The number of carbonyl (C=O) groups excluding carboxylic acids is 2. The number of urea groups is 1. The van der Waals surface area contributed by atoms with Crippen LogP contribution in [0.2, 0.25) is 5.02 Å². The fourth-order valence-corrected chi connectivity index (χ4v) is 4.89. The summed E-state index contributed by atoms with van der Waals surface area (Å²) in [4.78, 5) is 28.4. The van der Waals surface area contributed by atoms with Crippen molar-refractivity contribution in [2.75, 3.05) is 26.2 Å². The molecule has 9 heteroatoms. The van der Waals surface area contributed by atoms with Crippen LogP contribution in [0.25, 0.3) is 0 Å². The van der Waals surface area contributed by atoms with Gasteiger partial charge in [-0.3, -0.25) is 4.79 Å². The molecule has 2 unspecified atom stereocenters. The molecule has 1 aromatic rings. The van der Waals surface area contributed by atoms with Gasteiger partial charge < -0.3 is 24.8 Å². The fraction of sp³-hybridized carbons (Fsp3) is 0.643. The molecule has 1 fully saturated rings. The highest BCUT2D eigenvalue weighted by atomic mass is 35.5. The Kier molecular flexibility index (Phi) is 9.00. The topological polar surface area (TPSA) is 91.3 Å². The maximum atomic E-state index is 13.2. The number of aliphatic hydroxyl groups is 1. The van der Waals surface area contributed by atoms with Gasteiger partial charge in [0.15, 0.2) is 0 Å². The summed E-state index contributed by atoms with van der Waals surface area (Å²) in [5.74, 6) is -0.356. The number of benzene rings is 1. The van der Waals surface area contributed by atoms with Crippen molar-refractivity contribution in [1.82, 2.24) is 15.1 Å². The Morgan fingerprint density at radius 1 is 1.24 bits per heavy atom. The van der Waals surface area contributed by atoms with E-state index < -0.39 is 17.6 Å². The fourth-order valence-electron chi connectivity index (χ4n) is 4.62. The van der Waals surface area contributed by atoms with Crippen LogP contribution in [0.15, 0.2) is 30.0 Å². The number of carbonyl (C=O) groups is 2. The molecule has 2 N–H and O–H groups in total. The van der Waals surface area contributed by atoms with Gasteiger partial charge in [0.25, 0.3) is 0 Å². The van der Waals surface area contributed by atoms with Crippen molar-refractivity contribution >= 4 is 23.6 Å². The molecule has 206 valence electrons. The lowest BCUT2D eigenvalue weighted by molar-refractivity contribution is -0.234. The Bertz CT molecular complexity index is 1030. The molecule has 1 aromatic carbocycles. The van der Waals surface area contributed by atoms with E-state index in [-0.39, 0.29) is 30.4 Å². The van der Waals surface area contributed by atoms with Gasteiger partial charge in [0, 0.05) is 30.9 Å². The Morgan fingerprint density at radius 3 is 2.54 bits per heavy atom. The third kappa shape index (κ3) is 7.47. The lowest BCUT2D eigenvalue weighted by Crippen LogP contribution is -2.56. The van der Waals surface area contributed by atoms with E-state index in [1.807, 2.05) is 39.0 Å². The molecule has 0 radical (unpaired) electrons. The molecule has 8 nitrogen and oxygen atoms in total. The van der Waals surface area contributed by atoms with Crippen LogP contribution < -0.4 is 5.32 Å². The summed E-state index contributed by atoms with van der Waals surface area (Å²) in [6, 6.07) is 5.63. The van der Waals surface area contributed by atoms with E-state index >= 15 is 0 Å². The molecule has 0 aromatic heterocycles. The quantitative estimate of drug-likeness (QED) is 0.349. The second-order valence-electron chi connectivity index (χ2n) is 12.1. The molecule has 2 aliphatic rings. The van der Waals surface area contributed by atoms with Crippen molar-refractivity contribution in [1.29, 1.82) is 0 Å². The summed E-state index contributed by atoms with van der Waals surface area (Å²) in [5.41, 5.74) is 1.54. The summed E-state index contributed by atoms with van der Waals surface area (Å²) in [7, 11) is 0. The lowest BCUT2D eigenvalue weighted by atomic mass is 9.83. The van der Waals surface area contributed by atoms with Crippen LogP contribution in [0.3, 0.4) is 0 Å². The normalized spacial score (nSPS) is 21.4. The summed E-state index contributed by atoms with van der Waals surface area (Å²) in [5, 5.41) is 14.7. The van der Waals surface area contributed by atoms with E-state index in [1.165, 1.54) is 4.90 Å². The maximum absolute atomic E-state index is 13.2. The Labute approximate surface area is 225 Å². The molecule has 37 heavy (non-hydrogen) atoms. The lowest BCUT2D eigenvalue weighted by Gasteiger charge is -2.39. The molecule has 3 rings (SSSR count). The number of rotatable bonds is 9. The van der Waals surface area contributed by atoms with Gasteiger partial charge in [-0.05, 0) is 68.7 Å². The van der Waals surface area contributed by atoms with E-state index in [4.69, 9.17) is 21.1 Å². The molecule has 2 amide bonds. The number of nitrogens with zero attached hydrogens (tertiary/aromatic N) is 2. The van der Waals surface area contributed by atoms with Crippen molar-refractivity contribution in [3.05, 3.63) is 46.1 Å². The second kappa shape index (κ2) is 11.3. The number of likely N-dealkylation sites (tertiary alicyclic amines) is 1. The third-order valence-corrected chi connectivity index (χ3v) is 6.93. The van der Waals surface area contributed by atoms with Crippen LogP contribution in [-0.2, 0) is 26.2 Å². The van der Waals surface area contributed by atoms with Gasteiger partial charge in [-0.15, -0.1) is 0 Å². The number of esters is 1. The molecule has 2 heterocycles. The van der Waals surface area contributed by atoms with Crippen LogP contribution in [0.1, 0.15) is 72.4 Å². The predicted molar refractivity (Wildman–Crippen MR) is 144 cm³/mol. The SMILES string of the molecule is CCOC(=O)CCN1C=C2CN(C(O)OC(C)(C)C)CC2(c2ccc(CCC(C)(C)C)c(Cl)c2)NC1=O. The van der Waals surface area contributed by atoms with E-state index in [2.05, 4.69) is 26.1 Å². The summed E-state index contributed by atoms with van der Waals surface area (Å²) in [6.45, 7) is 15.2. The average molecular weight is 536 g/mol. The zero-order valence-corrected chi connectivity index (χ0v) is 23.9. The zero-order chi connectivity index (χ0) is 27.6. The number of hydrogen-bond donors (Lipinski definition) is 2. The van der Waals surface area contributed by atoms with E-state index in [1.54, 1.807) is 18.0 Å². The van der Waals surface area contributed by atoms with E-state index in [9.17, 15) is 14.7 Å². The number of halogens is 1. The third-order valence-electron chi connectivity index (χ3n) is 6.58. The Hall–Kier alpha value is -2.13. The molecule has 0 spiro atoms. The Morgan fingerprint density at radius 2 is 1.95 bits per heavy atom. The first-order chi connectivity index (χ1) is 17.1. The number of amides is 2. The Balaban J connectivity index is 1.93. The zero-order valence-electron chi connectivity index (χ0n) is 23.2. The predicted octanol–water partition coefficient (Wildman–Crippen LogP) is 4.78. The van der Waals surface area contributed by atoms with Gasteiger partial charge in [0.05, 0.1) is 18.6 Å². The van der Waals surface area contributed by atoms with Gasteiger partial charge in [-0.2, -0.15) is 0 Å². The van der Waals surface area contributed by atoms with Crippen molar-refractivity contribution in [2.45, 2.75) is 85.3 Å². The number of fused-ring (bicyclic) bond motifs is 1. The minimum Gasteiger partial charge on any atom is -0.466 e. The van der Waals surface area contributed by atoms with Gasteiger partial charge in [0.2, 0.25) is 6.41 Å². The van der Waals surface area contributed by atoms with Crippen molar-refractivity contribution < 1.29 is 24.2 Å². The molecule has 2 atom stereocenters. The van der Waals surface area contributed by atoms with Gasteiger partial charge in [0.1, 0.15) is 5.54 Å². The highest BCUT2D eigenvalue weighted by Crippen LogP contribution is 2.42. The van der Waals surface area contributed by atoms with Gasteiger partial charge in [-0.25, -0.2) is 9.69 Å². The highest BCUT2D eigenvalue weighted by Gasteiger charge is 2.50. The summed E-state index contributed by atoms with van der Waals surface area (Å²) in [6.07, 6.45) is 2.57. The van der Waals surface area contributed by atoms with Crippen LogP contribution >= 0.6 is 11.6 Å². The first-order valence-corrected chi connectivity index (χ1v) is 13.4. The smallest absolute Gasteiger partial charge is 0.322 e. The van der Waals surface area contributed by atoms with Crippen LogP contribution in [0, 0.1) is 5.41 Å². The van der Waals surface area contributed by atoms with E-state index in [0.717, 1.165) is 29.5 Å². The number of hydrogen-bond acceptors (Lipinski definition) is 6. The van der Waals surface area contributed by atoms with Crippen molar-refractivity contribution in [3.63, 3.8) is 0 Å². The van der Waals surface area contributed by atoms with Gasteiger partial charge in [-0.1, -0.05) is 44.5 Å². The minimum absolute atomic E-state index is 0.0891. The van der Waals surface area contributed by atoms with E-state index in [0.29, 0.717) is 24.7 Å². The molecule has 2 aliphatic heterocycles. The van der Waals surface area contributed by atoms with Crippen LogP contribution in [0.4, 0.5) is 4.79 Å². The number of aliphatic hydroxyl groups excluding tert-OH is 1. The minimum atomic E-state index is -1.16. The molecule has 0 bridgehead atoms. The number of nitrogens with one attached hydrogen (secondary N) is 1. The first-order valence-electron chi connectivity index (χ1n) is 13.0. The highest BCUT2D eigenvalue weighted by molar-refractivity contribution is 6.31. The standard InChI is InChI=1S/C28H42ClN3O5/c1-8-36-23(33)12-14-31-16-21-17-32(25(35)37-27(5,6)7)18-28(21,30-24(31)34)20-10-9-19(22(29)15-20)11-13-26(2,3)4/h9-10,15-16,25,35H,8,11-14,17-18H2,1-7H3,(H,30,34). The summed E-state index contributed by atoms with van der Waals surface area (Å²) >= 11 is 6.75. The molecular weight excluding hydrogens is 494 g/mol. The average Bonchev–Trinajstić information content (AvgIpc) is 3.15. The van der Waals surface area contributed by atoms with Crippen LogP contribution in [-0.4, -0.2) is 65.2 Å². The van der Waals surface area contributed by atoms with Crippen molar-refractivity contribution in [2.24, 2.45) is 5.41 Å². The number of aryl methyl sites for hydroxylation is 1. The first kappa shape index (κ1) is 29.4. The molecular formula is C28H42ClN3O5.